The molecule has 2 aromatic carbocycles. The Morgan fingerprint density at radius 1 is 1.14 bits per heavy atom. The molecule has 0 saturated heterocycles. The van der Waals surface area contributed by atoms with Crippen molar-refractivity contribution in [3.63, 3.8) is 0 Å². The van der Waals surface area contributed by atoms with Crippen LogP contribution in [-0.4, -0.2) is 47.1 Å². The van der Waals surface area contributed by atoms with E-state index in [1.807, 2.05) is 35.8 Å². The molecule has 37 heavy (non-hydrogen) atoms. The molecule has 0 aliphatic carbocycles. The molecule has 2 unspecified atom stereocenters. The summed E-state index contributed by atoms with van der Waals surface area (Å²) in [5, 5.41) is 4.34. The van der Waals surface area contributed by atoms with Crippen molar-refractivity contribution in [1.82, 2.24) is 10.2 Å². The molecule has 3 aromatic rings. The summed E-state index contributed by atoms with van der Waals surface area (Å²) in [5.74, 6) is 1.10. The van der Waals surface area contributed by atoms with Gasteiger partial charge in [0.25, 0.3) is 0 Å². The third-order valence-electron chi connectivity index (χ3n) is 6.73. The third-order valence-corrected chi connectivity index (χ3v) is 8.77. The molecule has 1 aromatic heterocycles. The number of benzene rings is 2. The lowest BCUT2D eigenvalue weighted by Crippen LogP contribution is -2.58. The van der Waals surface area contributed by atoms with Crippen LogP contribution < -0.4 is 5.32 Å². The highest BCUT2D eigenvalue weighted by atomic mass is 32.2. The molecule has 196 valence electrons. The Kier molecular flexibility index (Phi) is 8.44. The first-order valence-corrected chi connectivity index (χ1v) is 15.1. The van der Waals surface area contributed by atoms with E-state index >= 15 is 0 Å². The second-order valence-electron chi connectivity index (χ2n) is 10.3. The Labute approximate surface area is 229 Å². The fourth-order valence-corrected chi connectivity index (χ4v) is 6.59. The summed E-state index contributed by atoms with van der Waals surface area (Å²) in [7, 11) is 0. The zero-order valence-corrected chi connectivity index (χ0v) is 24.4. The number of carbonyl (C=O) groups excluding carboxylic acids is 1. The minimum absolute atomic E-state index is 0.0953. The average molecular weight is 536 g/mol. The largest absolute Gasteiger partial charge is 0.459 e. The molecular formula is C30H37N3O2S2. The molecule has 0 saturated carbocycles. The fraction of sp³-hybridized carbons (Fsp3) is 0.400. The van der Waals surface area contributed by atoms with E-state index in [0.717, 1.165) is 32.8 Å². The van der Waals surface area contributed by atoms with Gasteiger partial charge in [-0.2, -0.15) is 0 Å². The number of amides is 2. The van der Waals surface area contributed by atoms with Crippen LogP contribution in [0.5, 0.6) is 0 Å². The number of hydrogen-bond donors (Lipinski definition) is 1. The number of thioether (sulfide) groups is 2. The van der Waals surface area contributed by atoms with Crippen LogP contribution in [0, 0.1) is 19.8 Å². The molecule has 7 heteroatoms. The molecule has 0 spiro atoms. The average Bonchev–Trinajstić information content (AvgIpc) is 3.20. The number of allylic oxidation sites excluding steroid dienone is 1. The molecule has 5 nitrogen and oxygen atoms in total. The van der Waals surface area contributed by atoms with Gasteiger partial charge in [-0.15, -0.1) is 23.5 Å². The van der Waals surface area contributed by atoms with Crippen LogP contribution in [0.25, 0.3) is 22.1 Å². The second-order valence-corrected chi connectivity index (χ2v) is 12.1. The van der Waals surface area contributed by atoms with Gasteiger partial charge in [-0.1, -0.05) is 55.3 Å². The molecular weight excluding hydrogens is 498 g/mol. The van der Waals surface area contributed by atoms with Crippen molar-refractivity contribution >= 4 is 46.7 Å². The predicted octanol–water partition coefficient (Wildman–Crippen LogP) is 7.66. The van der Waals surface area contributed by atoms with Crippen LogP contribution in [0.4, 0.5) is 4.79 Å². The zero-order valence-electron chi connectivity index (χ0n) is 22.8. The van der Waals surface area contributed by atoms with E-state index in [1.165, 1.54) is 11.1 Å². The number of carbonyl (C=O) groups is 1. The van der Waals surface area contributed by atoms with Crippen LogP contribution in [0.2, 0.25) is 0 Å². The lowest BCUT2D eigenvalue weighted by Gasteiger charge is -2.40. The molecule has 2 heterocycles. The van der Waals surface area contributed by atoms with Crippen LogP contribution >= 0.6 is 23.5 Å². The van der Waals surface area contributed by atoms with Gasteiger partial charge in [0.15, 0.2) is 0 Å². The van der Waals surface area contributed by atoms with Crippen LogP contribution in [-0.2, 0) is 6.54 Å². The first kappa shape index (κ1) is 27.4. The summed E-state index contributed by atoms with van der Waals surface area (Å²) in [5.41, 5.74) is 4.78. The van der Waals surface area contributed by atoms with E-state index < -0.39 is 5.54 Å². The number of aryl methyl sites for hydroxylation is 2. The highest BCUT2D eigenvalue weighted by molar-refractivity contribution is 8.02. The first-order chi connectivity index (χ1) is 17.7. The molecule has 2 amide bonds. The van der Waals surface area contributed by atoms with Crippen molar-refractivity contribution in [2.45, 2.75) is 52.1 Å². The van der Waals surface area contributed by atoms with Gasteiger partial charge in [-0.05, 0) is 63.0 Å². The fourth-order valence-electron chi connectivity index (χ4n) is 4.88. The SMILES string of the molecule is CSC1=CC=NC(SC)C1(C)NC(=O)N(Cc1oc2ccc(C)cc2c1-c1ccc(C)cc1)CC(C)C. The minimum Gasteiger partial charge on any atom is -0.459 e. The summed E-state index contributed by atoms with van der Waals surface area (Å²) < 4.78 is 6.44. The highest BCUT2D eigenvalue weighted by Gasteiger charge is 2.41. The highest BCUT2D eigenvalue weighted by Crippen LogP contribution is 2.38. The number of nitrogens with zero attached hydrogens (tertiary/aromatic N) is 2. The van der Waals surface area contributed by atoms with E-state index in [-0.39, 0.29) is 11.4 Å². The van der Waals surface area contributed by atoms with E-state index in [0.29, 0.717) is 19.0 Å². The van der Waals surface area contributed by atoms with E-state index in [4.69, 9.17) is 4.42 Å². The number of furan rings is 1. The number of dihydropyridines is 1. The molecule has 1 aliphatic rings. The van der Waals surface area contributed by atoms with E-state index in [2.05, 4.69) is 81.3 Å². The van der Waals surface area contributed by atoms with Gasteiger partial charge in [0.2, 0.25) is 0 Å². The van der Waals surface area contributed by atoms with Gasteiger partial charge < -0.3 is 14.6 Å². The molecule has 0 fully saturated rings. The summed E-state index contributed by atoms with van der Waals surface area (Å²) in [4.78, 5) is 21.5. The van der Waals surface area contributed by atoms with Crippen LogP contribution in [0.3, 0.4) is 0 Å². The molecule has 0 bridgehead atoms. The summed E-state index contributed by atoms with van der Waals surface area (Å²) >= 11 is 3.30. The molecule has 1 N–H and O–H groups in total. The number of nitrogens with one attached hydrogen (secondary N) is 1. The van der Waals surface area contributed by atoms with Crippen LogP contribution in [0.1, 0.15) is 37.7 Å². The van der Waals surface area contributed by atoms with Gasteiger partial charge in [-0.25, -0.2) is 4.79 Å². The molecule has 1 aliphatic heterocycles. The first-order valence-electron chi connectivity index (χ1n) is 12.6. The van der Waals surface area contributed by atoms with E-state index in [1.54, 1.807) is 23.5 Å². The van der Waals surface area contributed by atoms with Gasteiger partial charge in [0, 0.05) is 28.6 Å². The minimum atomic E-state index is -0.593. The Hall–Kier alpha value is -2.64. The van der Waals surface area contributed by atoms with Gasteiger partial charge in [0.05, 0.1) is 6.54 Å². The Morgan fingerprint density at radius 2 is 1.84 bits per heavy atom. The van der Waals surface area contributed by atoms with Crippen molar-refractivity contribution in [1.29, 1.82) is 0 Å². The van der Waals surface area contributed by atoms with Crippen LogP contribution in [0.15, 0.2) is 62.9 Å². The smallest absolute Gasteiger partial charge is 0.318 e. The van der Waals surface area contributed by atoms with Gasteiger partial charge >= 0.3 is 6.03 Å². The quantitative estimate of drug-likeness (QED) is 0.322. The second kappa shape index (κ2) is 11.4. The standard InChI is InChI=1S/C30H37N3O2S2/c1-19(2)17-33(29(34)32-30(5)26(36-6)14-15-31-28(30)37-7)18-25-27(22-11-8-20(3)9-12-22)23-16-21(4)10-13-24(23)35-25/h8-16,19,28H,17-18H2,1-7H3,(H,32,34). The Balaban J connectivity index is 1.73. The number of hydrogen-bond acceptors (Lipinski definition) is 5. The number of aliphatic imine (C=N–C) groups is 1. The summed E-state index contributed by atoms with van der Waals surface area (Å²) in [6.07, 6.45) is 7.92. The zero-order chi connectivity index (χ0) is 26.7. The van der Waals surface area contributed by atoms with Crippen molar-refractivity contribution in [3.05, 3.63) is 70.3 Å². The van der Waals surface area contributed by atoms with Crippen molar-refractivity contribution in [2.24, 2.45) is 10.9 Å². The maximum absolute atomic E-state index is 13.9. The number of rotatable bonds is 8. The van der Waals surface area contributed by atoms with Gasteiger partial charge in [-0.3, -0.25) is 4.99 Å². The van der Waals surface area contributed by atoms with E-state index in [9.17, 15) is 4.79 Å². The predicted molar refractivity (Wildman–Crippen MR) is 161 cm³/mol. The molecule has 4 rings (SSSR count). The topological polar surface area (TPSA) is 57.8 Å². The summed E-state index contributed by atoms with van der Waals surface area (Å²) in [6, 6.07) is 14.7. The third kappa shape index (κ3) is 5.78. The molecule has 0 radical (unpaired) electrons. The van der Waals surface area contributed by atoms with Crippen molar-refractivity contribution in [2.75, 3.05) is 19.1 Å². The normalized spacial score (nSPS) is 19.4. The maximum atomic E-state index is 13.9. The monoisotopic (exact) mass is 535 g/mol. The van der Waals surface area contributed by atoms with Crippen molar-refractivity contribution in [3.8, 4) is 11.1 Å². The number of fused-ring (bicyclic) bond motifs is 1. The maximum Gasteiger partial charge on any atom is 0.318 e. The Morgan fingerprint density at radius 3 is 2.49 bits per heavy atom. The summed E-state index contributed by atoms with van der Waals surface area (Å²) in [6.45, 7) is 11.5. The number of urea groups is 1. The lowest BCUT2D eigenvalue weighted by atomic mass is 9.99. The van der Waals surface area contributed by atoms with Gasteiger partial charge in [0.1, 0.15) is 22.3 Å². The molecule has 2 atom stereocenters. The lowest BCUT2D eigenvalue weighted by molar-refractivity contribution is 0.175. The Bertz CT molecular complexity index is 1330. The van der Waals surface area contributed by atoms with Crippen molar-refractivity contribution < 1.29 is 9.21 Å².